The van der Waals surface area contributed by atoms with Crippen LogP contribution < -0.4 is 0 Å². The second-order valence-electron chi connectivity index (χ2n) is 2.35. The maximum atomic E-state index is 3.56. The van der Waals surface area contributed by atoms with Crippen molar-refractivity contribution in [3.05, 3.63) is 33.8 Å². The van der Waals surface area contributed by atoms with Crippen molar-refractivity contribution in [2.24, 2.45) is 0 Å². The van der Waals surface area contributed by atoms with Gasteiger partial charge in [-0.1, -0.05) is 97.8 Å². The standard InChI is InChI=1S/C8H5Br5/c9-6-4(7(10)11)2-1-3-5(6)8(12)13/h1-3,7-8H. The van der Waals surface area contributed by atoms with Gasteiger partial charge in [-0.15, -0.1) is 0 Å². The number of alkyl halides is 4. The summed E-state index contributed by atoms with van der Waals surface area (Å²) in [6, 6.07) is 6.15. The third-order valence-electron chi connectivity index (χ3n) is 1.53. The Bertz CT molecular complexity index is 268. The number of halogens is 5. The molecule has 0 saturated heterocycles. The second-order valence-corrected chi connectivity index (χ2v) is 9.27. The minimum atomic E-state index is 0.174. The van der Waals surface area contributed by atoms with Crippen molar-refractivity contribution in [3.63, 3.8) is 0 Å². The van der Waals surface area contributed by atoms with Crippen LogP contribution in [0.2, 0.25) is 0 Å². The Balaban J connectivity index is 3.18. The first kappa shape index (κ1) is 12.7. The van der Waals surface area contributed by atoms with Gasteiger partial charge in [0.1, 0.15) is 0 Å². The normalized spacial score (nSPS) is 11.3. The van der Waals surface area contributed by atoms with E-state index in [1.807, 2.05) is 6.07 Å². The molecule has 0 aliphatic carbocycles. The predicted octanol–water partition coefficient (Wildman–Crippen LogP) is 6.03. The van der Waals surface area contributed by atoms with Crippen LogP contribution in [0.3, 0.4) is 0 Å². The van der Waals surface area contributed by atoms with Gasteiger partial charge >= 0.3 is 0 Å². The summed E-state index contributed by atoms with van der Waals surface area (Å²) in [5, 5.41) is 0. The van der Waals surface area contributed by atoms with Crippen LogP contribution in [-0.4, -0.2) is 0 Å². The molecule has 1 rings (SSSR count). The Morgan fingerprint density at radius 3 is 1.54 bits per heavy atom. The average Bonchev–Trinajstić information content (AvgIpc) is 2.03. The van der Waals surface area contributed by atoms with Crippen LogP contribution in [0.4, 0.5) is 0 Å². The van der Waals surface area contributed by atoms with Crippen LogP contribution in [0.1, 0.15) is 18.6 Å². The summed E-state index contributed by atoms with van der Waals surface area (Å²) in [5.74, 6) is 0. The van der Waals surface area contributed by atoms with E-state index >= 15 is 0 Å². The lowest BCUT2D eigenvalue weighted by Crippen LogP contribution is -1.89. The molecule has 0 spiro atoms. The fraction of sp³-hybridized carbons (Fsp3) is 0.250. The lowest BCUT2D eigenvalue weighted by molar-refractivity contribution is 1.30. The third-order valence-corrected chi connectivity index (χ3v) is 4.42. The first-order valence-electron chi connectivity index (χ1n) is 3.38. The summed E-state index contributed by atoms with van der Waals surface area (Å²) in [4.78, 5) is 0. The quantitative estimate of drug-likeness (QED) is 0.435. The van der Waals surface area contributed by atoms with Crippen LogP contribution >= 0.6 is 79.6 Å². The van der Waals surface area contributed by atoms with Gasteiger partial charge in [0, 0.05) is 4.47 Å². The molecule has 72 valence electrons. The zero-order chi connectivity index (χ0) is 10.0. The van der Waals surface area contributed by atoms with Crippen molar-refractivity contribution >= 4 is 79.6 Å². The van der Waals surface area contributed by atoms with Crippen LogP contribution in [0.5, 0.6) is 0 Å². The highest BCUT2D eigenvalue weighted by Crippen LogP contribution is 2.41. The van der Waals surface area contributed by atoms with Gasteiger partial charge in [0.05, 0.1) is 7.47 Å². The van der Waals surface area contributed by atoms with E-state index in [-0.39, 0.29) is 7.47 Å². The Hall–Kier alpha value is 1.62. The monoisotopic (exact) mass is 496 g/mol. The molecule has 0 saturated carbocycles. The van der Waals surface area contributed by atoms with Gasteiger partial charge in [-0.25, -0.2) is 0 Å². The zero-order valence-electron chi connectivity index (χ0n) is 6.28. The maximum absolute atomic E-state index is 3.56. The van der Waals surface area contributed by atoms with E-state index in [4.69, 9.17) is 0 Å². The number of hydrogen-bond donors (Lipinski definition) is 0. The summed E-state index contributed by atoms with van der Waals surface area (Å²) in [6.07, 6.45) is 0. The van der Waals surface area contributed by atoms with Crippen molar-refractivity contribution in [3.8, 4) is 0 Å². The van der Waals surface area contributed by atoms with Gasteiger partial charge in [0.15, 0.2) is 0 Å². The molecular formula is C8H5Br5. The first-order valence-corrected chi connectivity index (χ1v) is 7.84. The number of hydrogen-bond acceptors (Lipinski definition) is 0. The maximum Gasteiger partial charge on any atom is 0.0957 e. The molecule has 0 bridgehead atoms. The van der Waals surface area contributed by atoms with Crippen molar-refractivity contribution < 1.29 is 0 Å². The van der Waals surface area contributed by atoms with E-state index < -0.39 is 0 Å². The molecule has 0 aliphatic heterocycles. The van der Waals surface area contributed by atoms with Crippen molar-refractivity contribution in [1.82, 2.24) is 0 Å². The van der Waals surface area contributed by atoms with E-state index in [1.54, 1.807) is 0 Å². The molecule has 0 radical (unpaired) electrons. The van der Waals surface area contributed by atoms with Crippen molar-refractivity contribution in [2.75, 3.05) is 0 Å². The molecule has 0 amide bonds. The topological polar surface area (TPSA) is 0 Å². The van der Waals surface area contributed by atoms with E-state index in [2.05, 4.69) is 91.8 Å². The summed E-state index contributed by atoms with van der Waals surface area (Å²) in [5.41, 5.74) is 2.36. The van der Waals surface area contributed by atoms with Crippen LogP contribution in [0, 0.1) is 0 Å². The molecule has 0 fully saturated rings. The summed E-state index contributed by atoms with van der Waals surface area (Å²) >= 11 is 17.5. The van der Waals surface area contributed by atoms with Gasteiger partial charge in [-0.05, 0) is 11.1 Å². The van der Waals surface area contributed by atoms with Gasteiger partial charge in [-0.3, -0.25) is 0 Å². The van der Waals surface area contributed by atoms with Crippen molar-refractivity contribution in [1.29, 1.82) is 0 Å². The predicted molar refractivity (Wildman–Crippen MR) is 75.3 cm³/mol. The molecular weight excluding hydrogens is 496 g/mol. The fourth-order valence-electron chi connectivity index (χ4n) is 0.906. The molecule has 1 aromatic rings. The second kappa shape index (κ2) is 5.64. The smallest absolute Gasteiger partial charge is 0.0712 e. The zero-order valence-corrected chi connectivity index (χ0v) is 14.2. The minimum Gasteiger partial charge on any atom is -0.0712 e. The molecule has 0 aromatic heterocycles. The van der Waals surface area contributed by atoms with Gasteiger partial charge in [-0.2, -0.15) is 0 Å². The Kier molecular flexibility index (Phi) is 5.50. The Morgan fingerprint density at radius 2 is 1.23 bits per heavy atom. The molecule has 13 heavy (non-hydrogen) atoms. The number of benzene rings is 1. The van der Waals surface area contributed by atoms with E-state index in [0.29, 0.717) is 0 Å². The Labute approximate surface area is 119 Å². The lowest BCUT2D eigenvalue weighted by Gasteiger charge is -2.11. The van der Waals surface area contributed by atoms with Gasteiger partial charge in [0.25, 0.3) is 0 Å². The fourth-order valence-corrected chi connectivity index (χ4v) is 4.38. The molecule has 0 nitrogen and oxygen atoms in total. The van der Waals surface area contributed by atoms with Crippen LogP contribution in [-0.2, 0) is 0 Å². The van der Waals surface area contributed by atoms with Crippen LogP contribution in [0.15, 0.2) is 22.7 Å². The van der Waals surface area contributed by atoms with Gasteiger partial charge < -0.3 is 0 Å². The number of rotatable bonds is 2. The van der Waals surface area contributed by atoms with E-state index in [1.165, 1.54) is 11.1 Å². The molecule has 1 aromatic carbocycles. The minimum absolute atomic E-state index is 0.174. The Morgan fingerprint density at radius 1 is 0.846 bits per heavy atom. The highest BCUT2D eigenvalue weighted by molar-refractivity contribution is 9.24. The molecule has 0 aliphatic rings. The van der Waals surface area contributed by atoms with E-state index in [9.17, 15) is 0 Å². The summed E-state index contributed by atoms with van der Waals surface area (Å²) < 4.78 is 1.45. The highest BCUT2D eigenvalue weighted by atomic mass is 79.9. The summed E-state index contributed by atoms with van der Waals surface area (Å²) in [6.45, 7) is 0. The molecule has 0 heterocycles. The first-order chi connectivity index (χ1) is 6.04. The van der Waals surface area contributed by atoms with Crippen molar-refractivity contribution in [2.45, 2.75) is 7.47 Å². The van der Waals surface area contributed by atoms with Crippen LogP contribution in [0.25, 0.3) is 0 Å². The lowest BCUT2D eigenvalue weighted by atomic mass is 10.2. The van der Waals surface area contributed by atoms with Gasteiger partial charge in [0.2, 0.25) is 0 Å². The third kappa shape index (κ3) is 3.30. The molecule has 5 heteroatoms. The SMILES string of the molecule is Brc1c(C(Br)Br)cccc1C(Br)Br. The summed E-state index contributed by atoms with van der Waals surface area (Å²) in [7, 11) is 0. The van der Waals surface area contributed by atoms with E-state index in [0.717, 1.165) is 4.47 Å². The molecule has 0 N–H and O–H groups in total. The largest absolute Gasteiger partial charge is 0.0957 e. The molecule has 0 unspecified atom stereocenters. The average molecular weight is 501 g/mol. The molecule has 0 atom stereocenters. The highest BCUT2D eigenvalue weighted by Gasteiger charge is 2.13.